The summed E-state index contributed by atoms with van der Waals surface area (Å²) < 4.78 is 45.1. The number of hydrogen-bond acceptors (Lipinski definition) is 4. The van der Waals surface area contributed by atoms with E-state index in [1.807, 2.05) is 0 Å². The highest BCUT2D eigenvalue weighted by atomic mass is 19.4. The van der Waals surface area contributed by atoms with E-state index in [1.165, 1.54) is 0 Å². The monoisotopic (exact) mass is 297 g/mol. The number of esters is 1. The maximum Gasteiger partial charge on any atom is 0.411 e. The summed E-state index contributed by atoms with van der Waals surface area (Å²) in [6, 6.07) is 0.146. The Bertz CT molecular complexity index is 297. The number of rotatable bonds is 7. The highest BCUT2D eigenvalue weighted by Gasteiger charge is 2.29. The molecule has 0 bridgehead atoms. The van der Waals surface area contributed by atoms with Crippen LogP contribution in [0.3, 0.4) is 0 Å². The van der Waals surface area contributed by atoms with Gasteiger partial charge in [0.1, 0.15) is 6.61 Å². The van der Waals surface area contributed by atoms with Crippen LogP contribution in [-0.2, 0) is 14.3 Å². The standard InChI is InChI=1S/C13H22F3NO3/c1-2-20-12(18)10-4-3-5-11(8-10)17-6-7-19-9-13(14,15)16/h10-11,17H,2-9H2,1H3. The SMILES string of the molecule is CCOC(=O)C1CCCC(NCCOCC(F)(F)F)C1. The number of nitrogens with one attached hydrogen (secondary N) is 1. The van der Waals surface area contributed by atoms with Gasteiger partial charge in [0.2, 0.25) is 0 Å². The molecule has 0 heterocycles. The van der Waals surface area contributed by atoms with Gasteiger partial charge in [-0.05, 0) is 26.2 Å². The number of carbonyl (C=O) groups is 1. The van der Waals surface area contributed by atoms with E-state index in [1.54, 1.807) is 6.92 Å². The largest absolute Gasteiger partial charge is 0.466 e. The van der Waals surface area contributed by atoms with Crippen molar-refractivity contribution < 1.29 is 27.4 Å². The fourth-order valence-corrected chi connectivity index (χ4v) is 2.37. The van der Waals surface area contributed by atoms with Gasteiger partial charge in [-0.25, -0.2) is 0 Å². The zero-order valence-electron chi connectivity index (χ0n) is 11.7. The summed E-state index contributed by atoms with van der Waals surface area (Å²) in [6.45, 7) is 1.30. The first kappa shape index (κ1) is 17.2. The Labute approximate surface area is 117 Å². The molecule has 0 radical (unpaired) electrons. The van der Waals surface area contributed by atoms with Crippen LogP contribution in [0.1, 0.15) is 32.6 Å². The Morgan fingerprint density at radius 1 is 1.35 bits per heavy atom. The van der Waals surface area contributed by atoms with E-state index >= 15 is 0 Å². The molecule has 0 aliphatic heterocycles. The Balaban J connectivity index is 2.16. The molecule has 1 aliphatic rings. The summed E-state index contributed by atoms with van der Waals surface area (Å²) >= 11 is 0. The second kappa shape index (κ2) is 8.46. The fraction of sp³-hybridized carbons (Fsp3) is 0.923. The fourth-order valence-electron chi connectivity index (χ4n) is 2.37. The van der Waals surface area contributed by atoms with E-state index in [4.69, 9.17) is 4.74 Å². The summed E-state index contributed by atoms with van der Waals surface area (Å²) in [5, 5.41) is 3.13. The first-order valence-corrected chi connectivity index (χ1v) is 6.97. The van der Waals surface area contributed by atoms with Crippen molar-refractivity contribution in [2.45, 2.75) is 44.8 Å². The molecule has 2 atom stereocenters. The van der Waals surface area contributed by atoms with Crippen LogP contribution in [0.25, 0.3) is 0 Å². The molecule has 4 nitrogen and oxygen atoms in total. The minimum absolute atomic E-state index is 0.0140. The van der Waals surface area contributed by atoms with Crippen molar-refractivity contribution in [2.75, 3.05) is 26.4 Å². The van der Waals surface area contributed by atoms with Crippen molar-refractivity contribution in [2.24, 2.45) is 5.92 Å². The van der Waals surface area contributed by atoms with E-state index < -0.39 is 12.8 Å². The lowest BCUT2D eigenvalue weighted by Gasteiger charge is -2.28. The minimum atomic E-state index is -4.28. The van der Waals surface area contributed by atoms with E-state index in [0.29, 0.717) is 19.6 Å². The molecule has 1 N–H and O–H groups in total. The van der Waals surface area contributed by atoms with Crippen LogP contribution in [0.15, 0.2) is 0 Å². The van der Waals surface area contributed by atoms with Gasteiger partial charge in [0.05, 0.1) is 19.1 Å². The third-order valence-corrected chi connectivity index (χ3v) is 3.24. The van der Waals surface area contributed by atoms with Crippen LogP contribution in [-0.4, -0.2) is 44.6 Å². The molecule has 0 aromatic heterocycles. The van der Waals surface area contributed by atoms with Gasteiger partial charge in [0.25, 0.3) is 0 Å². The van der Waals surface area contributed by atoms with Crippen molar-refractivity contribution in [1.29, 1.82) is 0 Å². The number of alkyl halides is 3. The van der Waals surface area contributed by atoms with Gasteiger partial charge in [-0.2, -0.15) is 13.2 Å². The molecule has 20 heavy (non-hydrogen) atoms. The van der Waals surface area contributed by atoms with Crippen molar-refractivity contribution in [3.05, 3.63) is 0 Å². The van der Waals surface area contributed by atoms with Crippen molar-refractivity contribution in [3.8, 4) is 0 Å². The normalized spacial score (nSPS) is 23.6. The molecule has 0 amide bonds. The molecule has 0 aromatic rings. The van der Waals surface area contributed by atoms with Crippen LogP contribution in [0.5, 0.6) is 0 Å². The third-order valence-electron chi connectivity index (χ3n) is 3.24. The van der Waals surface area contributed by atoms with Crippen LogP contribution < -0.4 is 5.32 Å². The van der Waals surface area contributed by atoms with Crippen LogP contribution in [0, 0.1) is 5.92 Å². The zero-order chi connectivity index (χ0) is 15.0. The van der Waals surface area contributed by atoms with E-state index in [-0.39, 0.29) is 24.5 Å². The predicted molar refractivity (Wildman–Crippen MR) is 67.3 cm³/mol. The van der Waals surface area contributed by atoms with E-state index in [2.05, 4.69) is 10.1 Å². The lowest BCUT2D eigenvalue weighted by Crippen LogP contribution is -2.38. The van der Waals surface area contributed by atoms with Gasteiger partial charge in [0.15, 0.2) is 0 Å². The average Bonchev–Trinajstić information content (AvgIpc) is 2.37. The Kier molecular flexibility index (Phi) is 7.29. The number of halogens is 3. The van der Waals surface area contributed by atoms with Crippen LogP contribution >= 0.6 is 0 Å². The van der Waals surface area contributed by atoms with Crippen LogP contribution in [0.2, 0.25) is 0 Å². The molecule has 1 aliphatic carbocycles. The van der Waals surface area contributed by atoms with Gasteiger partial charge >= 0.3 is 12.1 Å². The molecule has 1 rings (SSSR count). The summed E-state index contributed by atoms with van der Waals surface area (Å²) in [4.78, 5) is 11.6. The smallest absolute Gasteiger partial charge is 0.411 e. The number of ether oxygens (including phenoxy) is 2. The number of hydrogen-bond donors (Lipinski definition) is 1. The molecule has 0 spiro atoms. The highest BCUT2D eigenvalue weighted by molar-refractivity contribution is 5.72. The second-order valence-electron chi connectivity index (χ2n) is 4.93. The topological polar surface area (TPSA) is 47.6 Å². The Morgan fingerprint density at radius 2 is 2.10 bits per heavy atom. The summed E-state index contributed by atoms with van der Waals surface area (Å²) in [5.74, 6) is -0.274. The molecule has 2 unspecified atom stereocenters. The van der Waals surface area contributed by atoms with E-state index in [9.17, 15) is 18.0 Å². The third kappa shape index (κ3) is 7.09. The minimum Gasteiger partial charge on any atom is -0.466 e. The van der Waals surface area contributed by atoms with Gasteiger partial charge in [-0.3, -0.25) is 4.79 Å². The summed E-state index contributed by atoms with van der Waals surface area (Å²) in [6.07, 6.45) is -0.931. The molecule has 1 saturated carbocycles. The van der Waals surface area contributed by atoms with Crippen molar-refractivity contribution in [3.63, 3.8) is 0 Å². The predicted octanol–water partition coefficient (Wildman–Crippen LogP) is 2.28. The molecular formula is C13H22F3NO3. The lowest BCUT2D eigenvalue weighted by molar-refractivity contribution is -0.173. The quantitative estimate of drug-likeness (QED) is 0.578. The molecular weight excluding hydrogens is 275 g/mol. The Hall–Kier alpha value is -0.820. The van der Waals surface area contributed by atoms with Crippen molar-refractivity contribution >= 4 is 5.97 Å². The van der Waals surface area contributed by atoms with Gasteiger partial charge in [-0.1, -0.05) is 6.42 Å². The summed E-state index contributed by atoms with van der Waals surface area (Å²) in [5.41, 5.74) is 0. The highest BCUT2D eigenvalue weighted by Crippen LogP contribution is 2.25. The van der Waals surface area contributed by atoms with Gasteiger partial charge < -0.3 is 14.8 Å². The maximum atomic E-state index is 11.9. The maximum absolute atomic E-state index is 11.9. The Morgan fingerprint density at radius 3 is 2.75 bits per heavy atom. The van der Waals surface area contributed by atoms with Gasteiger partial charge in [-0.15, -0.1) is 0 Å². The second-order valence-corrected chi connectivity index (χ2v) is 4.93. The average molecular weight is 297 g/mol. The van der Waals surface area contributed by atoms with Crippen LogP contribution in [0.4, 0.5) is 13.2 Å². The molecule has 0 aromatic carbocycles. The number of carbonyl (C=O) groups excluding carboxylic acids is 1. The first-order chi connectivity index (χ1) is 9.42. The lowest BCUT2D eigenvalue weighted by atomic mass is 9.86. The molecule has 1 fully saturated rings. The van der Waals surface area contributed by atoms with Crippen molar-refractivity contribution in [1.82, 2.24) is 5.32 Å². The molecule has 0 saturated heterocycles. The zero-order valence-corrected chi connectivity index (χ0v) is 11.7. The van der Waals surface area contributed by atoms with E-state index in [0.717, 1.165) is 19.3 Å². The van der Waals surface area contributed by atoms with Gasteiger partial charge in [0, 0.05) is 12.6 Å². The summed E-state index contributed by atoms with van der Waals surface area (Å²) in [7, 11) is 0. The first-order valence-electron chi connectivity index (χ1n) is 6.97. The molecule has 118 valence electrons. The molecule has 7 heteroatoms.